The third-order valence-electron chi connectivity index (χ3n) is 5.94. The average Bonchev–Trinajstić information content (AvgIpc) is 3.14. The highest BCUT2D eigenvalue weighted by atomic mass is 32.2. The number of hydrogen-bond donors (Lipinski definition) is 2. The van der Waals surface area contributed by atoms with Crippen molar-refractivity contribution in [1.29, 1.82) is 0 Å². The number of hydrogen-bond acceptors (Lipinski definition) is 7. The fraction of sp³-hybridized carbons (Fsp3) is 0.400. The minimum atomic E-state index is -4.03. The first-order valence-corrected chi connectivity index (χ1v) is 12.8. The zero-order chi connectivity index (χ0) is 24.7. The molecule has 0 radical (unpaired) electrons. The first kappa shape index (κ1) is 25.6. The Hall–Kier alpha value is -3.04. The van der Waals surface area contributed by atoms with Crippen molar-refractivity contribution in [2.75, 3.05) is 13.7 Å². The summed E-state index contributed by atoms with van der Waals surface area (Å²) in [5.74, 6) is 0.241. The molecule has 0 fully saturated rings. The molecule has 2 unspecified atom stereocenters. The lowest BCUT2D eigenvalue weighted by molar-refractivity contribution is -0.128. The van der Waals surface area contributed by atoms with Gasteiger partial charge < -0.3 is 14.4 Å². The largest absolute Gasteiger partial charge is 0.497 e. The van der Waals surface area contributed by atoms with Gasteiger partial charge in [0.25, 0.3) is 5.91 Å². The lowest BCUT2D eigenvalue weighted by Crippen LogP contribution is -2.36. The van der Waals surface area contributed by atoms with Crippen LogP contribution >= 0.6 is 0 Å². The molecule has 2 N–H and O–H groups in total. The van der Waals surface area contributed by atoms with Gasteiger partial charge >= 0.3 is 0 Å². The van der Waals surface area contributed by atoms with Crippen LogP contribution in [0.15, 0.2) is 59.6 Å². The molecule has 3 rings (SSSR count). The van der Waals surface area contributed by atoms with Crippen molar-refractivity contribution in [3.8, 4) is 11.5 Å². The summed E-state index contributed by atoms with van der Waals surface area (Å²) in [6.07, 6.45) is 7.86. The van der Waals surface area contributed by atoms with Crippen LogP contribution in [0.5, 0.6) is 11.5 Å². The number of sulfone groups is 1. The molecule has 0 aromatic heterocycles. The van der Waals surface area contributed by atoms with Crippen LogP contribution in [0.4, 0.5) is 0 Å². The Bertz CT molecular complexity index is 1110. The molecule has 2 aromatic carbocycles. The maximum atomic E-state index is 13.1. The molecule has 2 atom stereocenters. The van der Waals surface area contributed by atoms with Gasteiger partial charge in [-0.25, -0.2) is 13.9 Å². The van der Waals surface area contributed by atoms with E-state index in [1.165, 1.54) is 38.1 Å². The number of carbonyl (C=O) groups is 1. The van der Waals surface area contributed by atoms with Crippen LogP contribution in [0, 0.1) is 0 Å². The first-order chi connectivity index (χ1) is 16.3. The van der Waals surface area contributed by atoms with E-state index in [4.69, 9.17) is 14.7 Å². The fourth-order valence-corrected chi connectivity index (χ4v) is 5.30. The molecule has 0 saturated heterocycles. The van der Waals surface area contributed by atoms with Gasteiger partial charge in [-0.2, -0.15) is 0 Å². The topological polar surface area (TPSA) is 105 Å². The summed E-state index contributed by atoms with van der Waals surface area (Å²) >= 11 is 0. The molecule has 1 heterocycles. The molecule has 0 bridgehead atoms. The Kier molecular flexibility index (Phi) is 8.57. The summed E-state index contributed by atoms with van der Waals surface area (Å²) < 4.78 is 37.5. The van der Waals surface area contributed by atoms with E-state index < -0.39 is 21.0 Å². The number of amides is 1. The summed E-state index contributed by atoms with van der Waals surface area (Å²) in [4.78, 5) is 14.0. The van der Waals surface area contributed by atoms with E-state index in [0.29, 0.717) is 17.7 Å². The van der Waals surface area contributed by atoms with Crippen molar-refractivity contribution in [3.05, 3.63) is 65.9 Å². The Balaban J connectivity index is 1.80. The van der Waals surface area contributed by atoms with Crippen LogP contribution in [0.25, 0.3) is 0 Å². The quantitative estimate of drug-likeness (QED) is 0.410. The predicted octanol–water partition coefficient (Wildman–Crippen LogP) is 3.68. The van der Waals surface area contributed by atoms with Gasteiger partial charge in [-0.15, -0.1) is 0 Å². The normalized spacial score (nSPS) is 15.8. The molecule has 0 aliphatic carbocycles. The maximum absolute atomic E-state index is 13.1. The molecule has 0 saturated carbocycles. The maximum Gasteiger partial charge on any atom is 0.261 e. The molecular weight excluding hydrogens is 456 g/mol. The minimum Gasteiger partial charge on any atom is -0.497 e. The summed E-state index contributed by atoms with van der Waals surface area (Å²) in [6.45, 7) is 4.21. The summed E-state index contributed by atoms with van der Waals surface area (Å²) in [5.41, 5.74) is 2.78. The van der Waals surface area contributed by atoms with Crippen LogP contribution in [0.1, 0.15) is 44.2 Å². The second-order valence-electron chi connectivity index (χ2n) is 8.29. The molecule has 2 aromatic rings. The molecule has 8 nitrogen and oxygen atoms in total. The number of ether oxygens (including phenoxy) is 2. The average molecular weight is 489 g/mol. The molecular formula is C25H32N2O6S. The highest BCUT2D eigenvalue weighted by molar-refractivity contribution is 7.92. The van der Waals surface area contributed by atoms with E-state index >= 15 is 0 Å². The first-order valence-electron chi connectivity index (χ1n) is 11.3. The zero-order valence-corrected chi connectivity index (χ0v) is 20.5. The van der Waals surface area contributed by atoms with Gasteiger partial charge in [-0.05, 0) is 87.2 Å². The third kappa shape index (κ3) is 6.09. The Morgan fingerprint density at radius 1 is 1.12 bits per heavy atom. The van der Waals surface area contributed by atoms with E-state index in [2.05, 4.69) is 17.2 Å². The van der Waals surface area contributed by atoms with Crippen molar-refractivity contribution in [2.24, 2.45) is 0 Å². The number of nitrogens with zero attached hydrogens (tertiary/aromatic N) is 1. The van der Waals surface area contributed by atoms with E-state index in [9.17, 15) is 13.2 Å². The predicted molar refractivity (Wildman–Crippen MR) is 129 cm³/mol. The zero-order valence-electron chi connectivity index (χ0n) is 19.7. The van der Waals surface area contributed by atoms with Crippen LogP contribution in [-0.2, 0) is 21.1 Å². The molecule has 34 heavy (non-hydrogen) atoms. The lowest BCUT2D eigenvalue weighted by atomic mass is 10.0. The van der Waals surface area contributed by atoms with Gasteiger partial charge in [0.2, 0.25) is 0 Å². The Labute approximate surface area is 201 Å². The minimum absolute atomic E-state index is 0.0197. The summed E-state index contributed by atoms with van der Waals surface area (Å²) in [7, 11) is -2.53. The fourth-order valence-electron chi connectivity index (χ4n) is 3.84. The number of nitrogens with one attached hydrogen (secondary N) is 1. The summed E-state index contributed by atoms with van der Waals surface area (Å²) in [5, 5.41) is 7.44. The molecule has 1 aliphatic heterocycles. The second kappa shape index (κ2) is 11.4. The van der Waals surface area contributed by atoms with Crippen molar-refractivity contribution in [1.82, 2.24) is 10.4 Å². The lowest BCUT2D eigenvalue weighted by Gasteiger charge is -2.27. The number of carbonyl (C=O) groups excluding carboxylic acids is 1. The van der Waals surface area contributed by atoms with Crippen molar-refractivity contribution in [2.45, 2.75) is 55.9 Å². The van der Waals surface area contributed by atoms with Gasteiger partial charge in [0.1, 0.15) is 16.7 Å². The van der Waals surface area contributed by atoms with E-state index in [0.717, 1.165) is 30.7 Å². The molecule has 9 heteroatoms. The molecule has 1 amide bonds. The van der Waals surface area contributed by atoms with Crippen LogP contribution in [-0.4, -0.2) is 49.6 Å². The number of benzene rings is 2. The van der Waals surface area contributed by atoms with E-state index in [1.807, 2.05) is 31.2 Å². The highest BCUT2D eigenvalue weighted by Gasteiger charge is 2.31. The smallest absolute Gasteiger partial charge is 0.261 e. The molecule has 0 spiro atoms. The highest BCUT2D eigenvalue weighted by Crippen LogP contribution is 2.28. The Morgan fingerprint density at radius 3 is 2.50 bits per heavy atom. The van der Waals surface area contributed by atoms with E-state index in [1.54, 1.807) is 6.07 Å². The van der Waals surface area contributed by atoms with Crippen LogP contribution < -0.4 is 15.0 Å². The van der Waals surface area contributed by atoms with E-state index in [-0.39, 0.29) is 11.1 Å². The monoisotopic (exact) mass is 488 g/mol. The number of methoxy groups -OCH3 is 1. The number of rotatable bonds is 9. The number of allylic oxidation sites excluding steroid dienone is 1. The molecule has 1 aliphatic rings. The van der Waals surface area contributed by atoms with Gasteiger partial charge in [-0.1, -0.05) is 18.2 Å². The SMILES string of the molecule is COc1ccc(S(=O)(=O)C(C)C(=O)NO)c(Cc2ccc(OC(C)N3C=CCCCC3)cc2)c1. The van der Waals surface area contributed by atoms with Gasteiger partial charge in [0, 0.05) is 6.54 Å². The van der Waals surface area contributed by atoms with Crippen molar-refractivity contribution >= 4 is 15.7 Å². The summed E-state index contributed by atoms with van der Waals surface area (Å²) in [6, 6.07) is 12.1. The standard InChI is InChI=1S/C25H32N2O6S/c1-18(25(28)26-29)34(30,31)24-13-12-23(32-3)17-21(24)16-20-8-10-22(11-9-20)33-19(2)27-14-6-4-5-7-15-27/h6,8-14,17-19,29H,4-5,7,15-16H2,1-3H3,(H,26,28). The van der Waals surface area contributed by atoms with Crippen molar-refractivity contribution < 1.29 is 27.9 Å². The van der Waals surface area contributed by atoms with Crippen LogP contribution in [0.2, 0.25) is 0 Å². The van der Waals surface area contributed by atoms with Gasteiger partial charge in [-0.3, -0.25) is 10.0 Å². The van der Waals surface area contributed by atoms with Crippen molar-refractivity contribution in [3.63, 3.8) is 0 Å². The van der Waals surface area contributed by atoms with Crippen LogP contribution in [0.3, 0.4) is 0 Å². The second-order valence-corrected chi connectivity index (χ2v) is 10.5. The Morgan fingerprint density at radius 2 is 1.82 bits per heavy atom. The van der Waals surface area contributed by atoms with Gasteiger partial charge in [0.15, 0.2) is 16.1 Å². The number of hydroxylamine groups is 1. The van der Waals surface area contributed by atoms with Gasteiger partial charge in [0.05, 0.1) is 12.0 Å². The third-order valence-corrected chi connectivity index (χ3v) is 8.10. The molecule has 184 valence electrons.